The van der Waals surface area contributed by atoms with Gasteiger partial charge in [0.1, 0.15) is 24.8 Å². The van der Waals surface area contributed by atoms with Gasteiger partial charge in [-0.05, 0) is 116 Å². The lowest BCUT2D eigenvalue weighted by molar-refractivity contribution is -0.135. The number of piperidine rings is 2. The lowest BCUT2D eigenvalue weighted by atomic mass is 9.99. The highest BCUT2D eigenvalue weighted by Gasteiger charge is 2.35. The Bertz CT molecular complexity index is 3100. The van der Waals surface area contributed by atoms with Crippen molar-refractivity contribution >= 4 is 91.0 Å². The van der Waals surface area contributed by atoms with Crippen molar-refractivity contribution in [2.45, 2.75) is 90.6 Å². The number of amides is 2. The smallest absolute Gasteiger partial charge is 0.329 e. The number of nitrogens with one attached hydrogen (secondary N) is 3. The van der Waals surface area contributed by atoms with Crippen molar-refractivity contribution in [3.8, 4) is 5.75 Å². The number of anilines is 5. The van der Waals surface area contributed by atoms with Crippen molar-refractivity contribution < 1.29 is 18.9 Å². The summed E-state index contributed by atoms with van der Waals surface area (Å²) >= 11 is 3.69. The zero-order valence-electron chi connectivity index (χ0n) is 41.3. The van der Waals surface area contributed by atoms with Crippen LogP contribution in [0.25, 0.3) is 21.9 Å². The van der Waals surface area contributed by atoms with E-state index in [0.717, 1.165) is 146 Å². The zero-order chi connectivity index (χ0) is 49.4. The van der Waals surface area contributed by atoms with Gasteiger partial charge in [0.15, 0.2) is 0 Å². The second-order valence-corrected chi connectivity index (χ2v) is 23.4. The minimum absolute atomic E-state index is 0.220. The molecule has 10 rings (SSSR count). The highest BCUT2D eigenvalue weighted by molar-refractivity contribution is 9.10. The molecule has 374 valence electrons. The van der Waals surface area contributed by atoms with Crippen molar-refractivity contribution in [2.75, 3.05) is 80.3 Å². The summed E-state index contributed by atoms with van der Waals surface area (Å²) in [5.41, 5.74) is 8.35. The number of halogens is 1. The summed E-state index contributed by atoms with van der Waals surface area (Å²) in [5, 5.41) is 11.3. The molecule has 4 fully saturated rings. The Morgan fingerprint density at radius 2 is 1.65 bits per heavy atom. The van der Waals surface area contributed by atoms with Gasteiger partial charge in [0.2, 0.25) is 17.8 Å². The van der Waals surface area contributed by atoms with E-state index in [1.165, 1.54) is 11.3 Å². The molecular formula is C53H65BrN11O5P. The summed E-state index contributed by atoms with van der Waals surface area (Å²) in [5.74, 6) is 1.04. The van der Waals surface area contributed by atoms with E-state index in [4.69, 9.17) is 14.7 Å². The third kappa shape index (κ3) is 9.87. The minimum atomic E-state index is -2.65. The number of para-hydroxylation sites is 1. The van der Waals surface area contributed by atoms with Crippen molar-refractivity contribution in [3.05, 3.63) is 92.6 Å². The van der Waals surface area contributed by atoms with Gasteiger partial charge >= 0.3 is 5.69 Å². The monoisotopic (exact) mass is 1050 g/mol. The number of piperazine rings is 1. The molecule has 1 atom stereocenters. The van der Waals surface area contributed by atoms with E-state index in [1.54, 1.807) is 22.4 Å². The number of rotatable bonds is 15. The van der Waals surface area contributed by atoms with E-state index in [-0.39, 0.29) is 18.0 Å². The van der Waals surface area contributed by atoms with Gasteiger partial charge in [0.25, 0.3) is 0 Å². The fourth-order valence-corrected chi connectivity index (χ4v) is 15.0. The predicted octanol–water partition coefficient (Wildman–Crippen LogP) is 8.04. The maximum Gasteiger partial charge on any atom is 0.329 e. The van der Waals surface area contributed by atoms with Crippen LogP contribution in [0.4, 0.5) is 28.8 Å². The quantitative estimate of drug-likeness (QED) is 0.0668. The molecule has 4 aliphatic rings. The van der Waals surface area contributed by atoms with Crippen molar-refractivity contribution in [1.82, 2.24) is 39.2 Å². The number of carbonyl (C=O) groups is 2. The highest BCUT2D eigenvalue weighted by atomic mass is 79.9. The van der Waals surface area contributed by atoms with Crippen molar-refractivity contribution in [3.63, 3.8) is 0 Å². The number of hydrogen-bond acceptors (Lipinski definition) is 13. The van der Waals surface area contributed by atoms with Crippen LogP contribution in [0.2, 0.25) is 0 Å². The van der Waals surface area contributed by atoms with Crippen LogP contribution >= 0.6 is 23.1 Å². The molecule has 1 unspecified atom stereocenters. The zero-order valence-corrected chi connectivity index (χ0v) is 43.8. The van der Waals surface area contributed by atoms with E-state index in [9.17, 15) is 18.9 Å². The number of pyridine rings is 1. The van der Waals surface area contributed by atoms with E-state index >= 15 is 0 Å². The summed E-state index contributed by atoms with van der Waals surface area (Å²) in [6, 6.07) is 18.3. The second kappa shape index (κ2) is 20.9. The number of aryl methyl sites for hydroxylation is 3. The third-order valence-corrected chi connectivity index (χ3v) is 19.2. The molecule has 16 nitrogen and oxygen atoms in total. The number of benzene rings is 3. The van der Waals surface area contributed by atoms with Gasteiger partial charge in [0, 0.05) is 112 Å². The largest absolute Gasteiger partial charge is 0.492 e. The molecule has 0 saturated carbocycles. The lowest BCUT2D eigenvalue weighted by Gasteiger charge is -2.43. The first-order valence-electron chi connectivity index (χ1n) is 25.6. The number of nitrogens with zero attached hydrogens (tertiary/aromatic N) is 8. The van der Waals surface area contributed by atoms with Gasteiger partial charge in [-0.25, -0.2) is 9.78 Å². The van der Waals surface area contributed by atoms with Gasteiger partial charge in [-0.3, -0.25) is 33.9 Å². The predicted molar refractivity (Wildman–Crippen MR) is 286 cm³/mol. The Morgan fingerprint density at radius 1 is 0.859 bits per heavy atom. The topological polar surface area (TPSA) is 172 Å². The summed E-state index contributed by atoms with van der Waals surface area (Å²) in [6.07, 6.45) is 10.2. The molecule has 0 spiro atoms. The molecule has 4 saturated heterocycles. The van der Waals surface area contributed by atoms with E-state index in [2.05, 4.69) is 89.7 Å². The molecule has 6 aromatic rings. The first-order valence-corrected chi connectivity index (χ1v) is 28.4. The van der Waals surface area contributed by atoms with Gasteiger partial charge < -0.3 is 29.7 Å². The first-order chi connectivity index (χ1) is 34.4. The average molecular weight is 1050 g/mol. The van der Waals surface area contributed by atoms with Crippen LogP contribution in [0.5, 0.6) is 5.75 Å². The standard InChI is InChI=1S/C53H65BrN11O5P/c1-5-34-31-42(58-52-55-33-39(54)50(60-52)57-41-16-15-40-38(14-13-36(6-2)56-40)49(41)71(69)29-8-9-30-71)46(70-7-3)32-45(34)64-23-20-37(21-24-64)63-27-25-62(26-28-63)22-19-35-11-10-12-43-48(35)61(4)53(68)65(43)44-17-18-47(66)59-51(44)67/h10-16,31-33,37,44H,5-9,17-30H2,1-4H3,(H,59,66,67)(H2,55,57,58,60). The van der Waals surface area contributed by atoms with Gasteiger partial charge in [-0.2, -0.15) is 4.98 Å². The molecule has 3 N–H and O–H groups in total. The number of ether oxygens (including phenoxy) is 1. The Hall–Kier alpha value is -5.61. The molecule has 7 heterocycles. The Kier molecular flexibility index (Phi) is 14.4. The molecular weight excluding hydrogens is 982 g/mol. The average Bonchev–Trinajstić information content (AvgIpc) is 3.94. The first kappa shape index (κ1) is 49.0. The van der Waals surface area contributed by atoms with Crippen LogP contribution in [0, 0.1) is 0 Å². The fraction of sp³-hybridized carbons (Fsp3) is 0.472. The maximum absolute atomic E-state index is 14.6. The molecule has 0 radical (unpaired) electrons. The van der Waals surface area contributed by atoms with Crippen LogP contribution in [-0.2, 0) is 40.5 Å². The summed E-state index contributed by atoms with van der Waals surface area (Å²) in [6.45, 7) is 13.6. The summed E-state index contributed by atoms with van der Waals surface area (Å²) in [7, 11) is -0.877. The number of hydrogen-bond donors (Lipinski definition) is 3. The molecule has 4 aliphatic heterocycles. The molecule has 3 aromatic carbocycles. The normalized spacial score (nSPS) is 19.2. The third-order valence-electron chi connectivity index (χ3n) is 15.2. The van der Waals surface area contributed by atoms with Crippen LogP contribution in [0.1, 0.15) is 82.2 Å². The number of carbonyl (C=O) groups excluding carboxylic acids is 2. The van der Waals surface area contributed by atoms with Gasteiger partial charge in [-0.15, -0.1) is 0 Å². The molecule has 18 heteroatoms. The lowest BCUT2D eigenvalue weighted by Crippen LogP contribution is -2.53. The van der Waals surface area contributed by atoms with Crippen molar-refractivity contribution in [1.29, 1.82) is 0 Å². The Morgan fingerprint density at radius 3 is 2.38 bits per heavy atom. The summed E-state index contributed by atoms with van der Waals surface area (Å²) in [4.78, 5) is 60.3. The van der Waals surface area contributed by atoms with Crippen LogP contribution in [-0.4, -0.2) is 116 Å². The number of fused-ring (bicyclic) bond motifs is 2. The molecule has 0 bridgehead atoms. The van der Waals surface area contributed by atoms with Gasteiger partial charge in [-0.1, -0.05) is 32.0 Å². The fourth-order valence-electron chi connectivity index (χ4n) is 11.4. The van der Waals surface area contributed by atoms with Crippen LogP contribution < -0.4 is 36.6 Å². The Labute approximate surface area is 423 Å². The Balaban J connectivity index is 0.780. The number of imidazole rings is 1. The molecule has 2 amide bonds. The minimum Gasteiger partial charge on any atom is -0.492 e. The SMILES string of the molecule is CCOc1cc(N2CCC(N3CCN(CCc4cccc5c4n(C)c(=O)n5C4CCC(=O)NC4=O)CC3)CC2)c(CC)cc1Nc1ncc(Br)c(Nc2ccc3nc(CC)ccc3c2P2(=O)CCCC2)n1. The van der Waals surface area contributed by atoms with E-state index in [1.807, 2.05) is 37.3 Å². The molecule has 3 aromatic heterocycles. The van der Waals surface area contributed by atoms with Crippen LogP contribution in [0.3, 0.4) is 0 Å². The maximum atomic E-state index is 14.6. The number of imide groups is 1. The van der Waals surface area contributed by atoms with E-state index in [0.29, 0.717) is 47.6 Å². The number of aromatic nitrogens is 5. The van der Waals surface area contributed by atoms with E-state index < -0.39 is 19.1 Å². The summed E-state index contributed by atoms with van der Waals surface area (Å²) < 4.78 is 24.8. The van der Waals surface area contributed by atoms with Gasteiger partial charge in [0.05, 0.1) is 39.0 Å². The second-order valence-electron chi connectivity index (χ2n) is 19.4. The highest BCUT2D eigenvalue weighted by Crippen LogP contribution is 2.54. The van der Waals surface area contributed by atoms with Crippen LogP contribution in [0.15, 0.2) is 70.1 Å². The van der Waals surface area contributed by atoms with Crippen molar-refractivity contribution in [2.24, 2.45) is 7.05 Å². The molecule has 0 aliphatic carbocycles. The molecule has 71 heavy (non-hydrogen) atoms.